The smallest absolute Gasteiger partial charge is 0.161 e. The fraction of sp³-hybridized carbons (Fsp3) is 0.600. The van der Waals surface area contributed by atoms with Gasteiger partial charge in [-0.05, 0) is 38.0 Å². The quantitative estimate of drug-likeness (QED) is 0.890. The Hall–Kier alpha value is -1.26. The third kappa shape index (κ3) is 3.61. The number of benzene rings is 1. The molecule has 0 aliphatic carbocycles. The van der Waals surface area contributed by atoms with E-state index in [1.807, 2.05) is 32.0 Å². The topological polar surface area (TPSA) is 47.9 Å². The Morgan fingerprint density at radius 3 is 2.63 bits per heavy atom. The molecular formula is C15H22O4. The molecule has 1 aromatic rings. The van der Waals surface area contributed by atoms with Gasteiger partial charge >= 0.3 is 0 Å². The lowest BCUT2D eigenvalue weighted by molar-refractivity contribution is -0.0618. The number of hydrogen-bond donors (Lipinski definition) is 1. The van der Waals surface area contributed by atoms with Crippen molar-refractivity contribution in [2.45, 2.75) is 38.9 Å². The van der Waals surface area contributed by atoms with Crippen molar-refractivity contribution in [2.24, 2.45) is 0 Å². The molecule has 1 heterocycles. The van der Waals surface area contributed by atoms with E-state index in [9.17, 15) is 5.11 Å². The zero-order chi connectivity index (χ0) is 13.9. The monoisotopic (exact) mass is 266 g/mol. The van der Waals surface area contributed by atoms with Gasteiger partial charge in [0.15, 0.2) is 11.5 Å². The summed E-state index contributed by atoms with van der Waals surface area (Å²) in [5, 5.41) is 10.2. The van der Waals surface area contributed by atoms with Gasteiger partial charge < -0.3 is 19.3 Å². The highest BCUT2D eigenvalue weighted by molar-refractivity contribution is 5.44. The maximum atomic E-state index is 10.2. The Morgan fingerprint density at radius 1 is 1.26 bits per heavy atom. The summed E-state index contributed by atoms with van der Waals surface area (Å²) in [4.78, 5) is 0. The van der Waals surface area contributed by atoms with Gasteiger partial charge in [-0.25, -0.2) is 0 Å². The lowest BCUT2D eigenvalue weighted by Gasteiger charge is -2.26. The van der Waals surface area contributed by atoms with Crippen molar-refractivity contribution in [1.82, 2.24) is 0 Å². The summed E-state index contributed by atoms with van der Waals surface area (Å²) in [5.74, 6) is 1.43. The summed E-state index contributed by atoms with van der Waals surface area (Å²) in [7, 11) is 0. The molecule has 0 fully saturated rings. The Kier molecular flexibility index (Phi) is 4.32. The predicted octanol–water partition coefficient (Wildman–Crippen LogP) is 2.70. The summed E-state index contributed by atoms with van der Waals surface area (Å²) < 4.78 is 16.7. The van der Waals surface area contributed by atoms with Crippen LogP contribution in [0.5, 0.6) is 11.5 Å². The van der Waals surface area contributed by atoms with Crippen LogP contribution in [-0.2, 0) is 4.74 Å². The molecule has 19 heavy (non-hydrogen) atoms. The summed E-state index contributed by atoms with van der Waals surface area (Å²) in [5.41, 5.74) is 0.575. The van der Waals surface area contributed by atoms with Gasteiger partial charge in [-0.15, -0.1) is 0 Å². The number of aliphatic hydroxyl groups excluding tert-OH is 1. The van der Waals surface area contributed by atoms with Crippen LogP contribution in [0.25, 0.3) is 0 Å². The van der Waals surface area contributed by atoms with Crippen LogP contribution in [0.1, 0.15) is 38.9 Å². The molecule has 0 bridgehead atoms. The number of fused-ring (bicyclic) bond motifs is 1. The van der Waals surface area contributed by atoms with Crippen LogP contribution in [-0.4, -0.2) is 30.5 Å². The molecule has 4 nitrogen and oxygen atoms in total. The minimum atomic E-state index is -0.651. The number of aliphatic hydroxyl groups is 1. The lowest BCUT2D eigenvalue weighted by Crippen LogP contribution is -2.26. The fourth-order valence-electron chi connectivity index (χ4n) is 1.77. The number of ether oxygens (including phenoxy) is 3. The second-order valence-corrected chi connectivity index (χ2v) is 5.34. The van der Waals surface area contributed by atoms with Crippen molar-refractivity contribution in [2.75, 3.05) is 19.8 Å². The molecule has 106 valence electrons. The Morgan fingerprint density at radius 2 is 1.95 bits per heavy atom. The van der Waals surface area contributed by atoms with Gasteiger partial charge in [0.1, 0.15) is 19.3 Å². The van der Waals surface area contributed by atoms with Crippen LogP contribution in [0.15, 0.2) is 18.2 Å². The van der Waals surface area contributed by atoms with E-state index in [1.54, 1.807) is 0 Å². The van der Waals surface area contributed by atoms with Crippen molar-refractivity contribution in [3.8, 4) is 11.5 Å². The molecule has 1 unspecified atom stereocenters. The fourth-order valence-corrected chi connectivity index (χ4v) is 1.77. The highest BCUT2D eigenvalue weighted by Gasteiger charge is 2.20. The van der Waals surface area contributed by atoms with Crippen LogP contribution < -0.4 is 9.47 Å². The van der Waals surface area contributed by atoms with Gasteiger partial charge in [-0.3, -0.25) is 0 Å². The van der Waals surface area contributed by atoms with E-state index >= 15 is 0 Å². The van der Waals surface area contributed by atoms with E-state index in [1.165, 1.54) is 0 Å². The Balaban J connectivity index is 2.01. The number of hydrogen-bond acceptors (Lipinski definition) is 4. The summed E-state index contributed by atoms with van der Waals surface area (Å²) >= 11 is 0. The first-order valence-corrected chi connectivity index (χ1v) is 6.73. The molecule has 1 N–H and O–H groups in total. The first-order valence-electron chi connectivity index (χ1n) is 6.73. The first-order chi connectivity index (χ1) is 9.02. The second-order valence-electron chi connectivity index (χ2n) is 5.34. The van der Waals surface area contributed by atoms with Crippen LogP contribution >= 0.6 is 0 Å². The molecule has 0 radical (unpaired) electrons. The zero-order valence-corrected chi connectivity index (χ0v) is 11.8. The third-order valence-electron chi connectivity index (χ3n) is 3.43. The molecule has 0 amide bonds. The predicted molar refractivity (Wildman–Crippen MR) is 72.7 cm³/mol. The summed E-state index contributed by atoms with van der Waals surface area (Å²) in [6.45, 7) is 7.50. The molecule has 0 spiro atoms. The molecule has 1 aromatic carbocycles. The van der Waals surface area contributed by atoms with Gasteiger partial charge in [0.05, 0.1) is 12.2 Å². The maximum absolute atomic E-state index is 10.2. The van der Waals surface area contributed by atoms with Gasteiger partial charge in [0.25, 0.3) is 0 Å². The van der Waals surface area contributed by atoms with Crippen LogP contribution in [0.4, 0.5) is 0 Å². The van der Waals surface area contributed by atoms with E-state index in [2.05, 4.69) is 6.92 Å². The van der Waals surface area contributed by atoms with Crippen molar-refractivity contribution >= 4 is 0 Å². The minimum absolute atomic E-state index is 0.213. The second kappa shape index (κ2) is 5.80. The molecule has 0 aromatic heterocycles. The highest BCUT2D eigenvalue weighted by Crippen LogP contribution is 2.33. The van der Waals surface area contributed by atoms with Gasteiger partial charge in [0, 0.05) is 0 Å². The van der Waals surface area contributed by atoms with Crippen molar-refractivity contribution < 1.29 is 19.3 Å². The van der Waals surface area contributed by atoms with Crippen LogP contribution in [0.2, 0.25) is 0 Å². The van der Waals surface area contributed by atoms with Crippen molar-refractivity contribution in [3.63, 3.8) is 0 Å². The van der Waals surface area contributed by atoms with Crippen LogP contribution in [0.3, 0.4) is 0 Å². The SMILES string of the molecule is CCC(C)(C)OCC(O)c1ccc2c(c1)OCCO2. The highest BCUT2D eigenvalue weighted by atomic mass is 16.6. The minimum Gasteiger partial charge on any atom is -0.486 e. The van der Waals surface area contributed by atoms with E-state index in [0.29, 0.717) is 19.0 Å². The standard InChI is InChI=1S/C15H22O4/c1-4-15(2,3)19-10-12(16)11-5-6-13-14(9-11)18-8-7-17-13/h5-6,9,12,16H,4,7-8,10H2,1-3H3. The van der Waals surface area contributed by atoms with Crippen LogP contribution in [0, 0.1) is 0 Å². The molecular weight excluding hydrogens is 244 g/mol. The molecule has 1 aliphatic rings. The van der Waals surface area contributed by atoms with Crippen molar-refractivity contribution in [3.05, 3.63) is 23.8 Å². The Labute approximate surface area is 114 Å². The van der Waals surface area contributed by atoms with Gasteiger partial charge in [0.2, 0.25) is 0 Å². The number of rotatable bonds is 5. The average molecular weight is 266 g/mol. The van der Waals surface area contributed by atoms with E-state index in [-0.39, 0.29) is 12.2 Å². The largest absolute Gasteiger partial charge is 0.486 e. The lowest BCUT2D eigenvalue weighted by atomic mass is 10.1. The maximum Gasteiger partial charge on any atom is 0.161 e. The molecule has 0 saturated heterocycles. The molecule has 4 heteroatoms. The normalized spacial score (nSPS) is 16.2. The average Bonchev–Trinajstić information content (AvgIpc) is 2.44. The summed E-state index contributed by atoms with van der Waals surface area (Å²) in [6.07, 6.45) is 0.252. The molecule has 2 rings (SSSR count). The zero-order valence-electron chi connectivity index (χ0n) is 11.8. The Bertz CT molecular complexity index is 428. The van der Waals surface area contributed by atoms with E-state index in [4.69, 9.17) is 14.2 Å². The molecule has 1 aliphatic heterocycles. The van der Waals surface area contributed by atoms with E-state index < -0.39 is 6.10 Å². The molecule has 0 saturated carbocycles. The first kappa shape index (κ1) is 14.2. The summed E-state index contributed by atoms with van der Waals surface area (Å²) in [6, 6.07) is 5.50. The third-order valence-corrected chi connectivity index (χ3v) is 3.43. The van der Waals surface area contributed by atoms with E-state index in [0.717, 1.165) is 17.7 Å². The van der Waals surface area contributed by atoms with Gasteiger partial charge in [-0.1, -0.05) is 13.0 Å². The molecule has 1 atom stereocenters. The van der Waals surface area contributed by atoms with Crippen molar-refractivity contribution in [1.29, 1.82) is 0 Å². The van der Waals surface area contributed by atoms with Gasteiger partial charge in [-0.2, -0.15) is 0 Å².